The lowest BCUT2D eigenvalue weighted by molar-refractivity contribution is 0.0185. The largest absolute Gasteiger partial charge is 0.390 e. The first-order valence-electron chi connectivity index (χ1n) is 6.06. The molecule has 0 bridgehead atoms. The molecule has 2 atom stereocenters. The summed E-state index contributed by atoms with van der Waals surface area (Å²) >= 11 is 1.55. The predicted octanol–water partition coefficient (Wildman–Crippen LogP) is 2.03. The first-order chi connectivity index (χ1) is 9.24. The maximum absolute atomic E-state index is 10.1. The molecule has 0 spiro atoms. The van der Waals surface area contributed by atoms with E-state index in [0.29, 0.717) is 6.42 Å². The summed E-state index contributed by atoms with van der Waals surface area (Å²) in [6.45, 7) is 0. The summed E-state index contributed by atoms with van der Waals surface area (Å²) in [5.74, 6) is 0. The maximum Gasteiger partial charge on any atom is 0.193 e. The second-order valence-electron chi connectivity index (χ2n) is 4.45. The predicted molar refractivity (Wildman–Crippen MR) is 74.2 cm³/mol. The summed E-state index contributed by atoms with van der Waals surface area (Å²) in [6, 6.07) is 9.18. The van der Waals surface area contributed by atoms with Crippen LogP contribution < -0.4 is 0 Å². The van der Waals surface area contributed by atoms with Crippen LogP contribution in [0, 0.1) is 0 Å². The summed E-state index contributed by atoms with van der Waals surface area (Å²) in [6.07, 6.45) is 2.40. The van der Waals surface area contributed by atoms with E-state index in [-0.39, 0.29) is 0 Å². The normalized spacial score (nSPS) is 14.6. The van der Waals surface area contributed by atoms with Crippen molar-refractivity contribution in [2.75, 3.05) is 0 Å². The summed E-state index contributed by atoms with van der Waals surface area (Å²) in [7, 11) is 0. The number of aliphatic hydroxyl groups is 2. The Hall–Kier alpha value is -1.69. The van der Waals surface area contributed by atoms with Gasteiger partial charge < -0.3 is 10.2 Å². The van der Waals surface area contributed by atoms with Gasteiger partial charge in [-0.25, -0.2) is 4.98 Å². The molecule has 4 nitrogen and oxygen atoms in total. The smallest absolute Gasteiger partial charge is 0.193 e. The summed E-state index contributed by atoms with van der Waals surface area (Å²) in [5.41, 5.74) is 1.50. The van der Waals surface area contributed by atoms with Gasteiger partial charge in [0.15, 0.2) is 4.96 Å². The summed E-state index contributed by atoms with van der Waals surface area (Å²) in [4.78, 5) is 5.30. The van der Waals surface area contributed by atoms with Crippen molar-refractivity contribution in [2.24, 2.45) is 0 Å². The molecular formula is C14H14N2O2S. The molecule has 5 heteroatoms. The second kappa shape index (κ2) is 5.13. The molecule has 0 radical (unpaired) electrons. The molecule has 1 aromatic carbocycles. The van der Waals surface area contributed by atoms with Gasteiger partial charge in [-0.2, -0.15) is 0 Å². The highest BCUT2D eigenvalue weighted by molar-refractivity contribution is 7.15. The van der Waals surface area contributed by atoms with Crippen LogP contribution in [0.15, 0.2) is 48.1 Å². The minimum Gasteiger partial charge on any atom is -0.390 e. The number of hydrogen-bond acceptors (Lipinski definition) is 4. The molecule has 0 saturated carbocycles. The van der Waals surface area contributed by atoms with Crippen molar-refractivity contribution in [2.45, 2.75) is 18.6 Å². The third kappa shape index (κ3) is 2.53. The number of thiazole rings is 1. The Balaban J connectivity index is 1.74. The third-order valence-corrected chi connectivity index (χ3v) is 3.84. The van der Waals surface area contributed by atoms with Crippen LogP contribution in [0.5, 0.6) is 0 Å². The van der Waals surface area contributed by atoms with Crippen LogP contribution in [-0.2, 0) is 6.42 Å². The van der Waals surface area contributed by atoms with Crippen LogP contribution in [-0.4, -0.2) is 25.7 Å². The SMILES string of the molecule is OC(Cc1cn2ccsc2n1)C(O)c1ccccc1. The van der Waals surface area contributed by atoms with Crippen LogP contribution >= 0.6 is 11.3 Å². The molecule has 0 amide bonds. The molecule has 0 saturated heterocycles. The number of imidazole rings is 1. The van der Waals surface area contributed by atoms with E-state index in [1.165, 1.54) is 0 Å². The molecule has 0 aliphatic heterocycles. The van der Waals surface area contributed by atoms with Gasteiger partial charge in [-0.05, 0) is 5.56 Å². The molecule has 2 aromatic heterocycles. The number of rotatable bonds is 4. The van der Waals surface area contributed by atoms with Crippen LogP contribution in [0.25, 0.3) is 4.96 Å². The Labute approximate surface area is 114 Å². The average Bonchev–Trinajstić information content (AvgIpc) is 2.99. The standard InChI is InChI=1S/C14H14N2O2S/c17-12(13(18)10-4-2-1-3-5-10)8-11-9-16-6-7-19-14(16)15-11/h1-7,9,12-13,17-18H,8H2. The molecule has 2 unspecified atom stereocenters. The monoisotopic (exact) mass is 274 g/mol. The molecule has 98 valence electrons. The number of aromatic nitrogens is 2. The topological polar surface area (TPSA) is 57.8 Å². The van der Waals surface area contributed by atoms with E-state index in [1.807, 2.05) is 40.4 Å². The minimum atomic E-state index is -0.888. The van der Waals surface area contributed by atoms with Gasteiger partial charge in [0, 0.05) is 24.2 Å². The highest BCUT2D eigenvalue weighted by atomic mass is 32.1. The van der Waals surface area contributed by atoms with E-state index in [1.54, 1.807) is 23.5 Å². The number of nitrogens with zero attached hydrogens (tertiary/aromatic N) is 2. The molecule has 3 rings (SSSR count). The summed E-state index contributed by atoms with van der Waals surface area (Å²) < 4.78 is 1.92. The number of benzene rings is 1. The fourth-order valence-corrected chi connectivity index (χ4v) is 2.79. The lowest BCUT2D eigenvalue weighted by Crippen LogP contribution is -2.21. The highest BCUT2D eigenvalue weighted by Crippen LogP contribution is 2.20. The third-order valence-electron chi connectivity index (χ3n) is 3.07. The Bertz CT molecular complexity index is 634. The number of hydrogen-bond donors (Lipinski definition) is 2. The van der Waals surface area contributed by atoms with Crippen molar-refractivity contribution in [1.29, 1.82) is 0 Å². The van der Waals surface area contributed by atoms with E-state index in [4.69, 9.17) is 0 Å². The van der Waals surface area contributed by atoms with E-state index >= 15 is 0 Å². The quantitative estimate of drug-likeness (QED) is 0.765. The Morgan fingerprint density at radius 1 is 1.21 bits per heavy atom. The molecule has 0 aliphatic carbocycles. The Morgan fingerprint density at radius 2 is 2.00 bits per heavy atom. The van der Waals surface area contributed by atoms with E-state index in [0.717, 1.165) is 16.2 Å². The van der Waals surface area contributed by atoms with E-state index in [2.05, 4.69) is 4.98 Å². The minimum absolute atomic E-state index is 0.338. The first-order valence-corrected chi connectivity index (χ1v) is 6.94. The zero-order chi connectivity index (χ0) is 13.2. The zero-order valence-electron chi connectivity index (χ0n) is 10.2. The lowest BCUT2D eigenvalue weighted by Gasteiger charge is -2.17. The summed E-state index contributed by atoms with van der Waals surface area (Å²) in [5, 5.41) is 22.1. The van der Waals surface area contributed by atoms with Crippen molar-refractivity contribution in [1.82, 2.24) is 9.38 Å². The van der Waals surface area contributed by atoms with Gasteiger partial charge in [-0.3, -0.25) is 4.40 Å². The molecule has 2 heterocycles. The van der Waals surface area contributed by atoms with E-state index < -0.39 is 12.2 Å². The number of fused-ring (bicyclic) bond motifs is 1. The van der Waals surface area contributed by atoms with Crippen molar-refractivity contribution < 1.29 is 10.2 Å². The average molecular weight is 274 g/mol. The fourth-order valence-electron chi connectivity index (χ4n) is 2.07. The Kier molecular flexibility index (Phi) is 3.33. The van der Waals surface area contributed by atoms with Crippen molar-refractivity contribution >= 4 is 16.3 Å². The van der Waals surface area contributed by atoms with Gasteiger partial charge in [0.25, 0.3) is 0 Å². The first kappa shape index (κ1) is 12.3. The van der Waals surface area contributed by atoms with Crippen LogP contribution in [0.1, 0.15) is 17.4 Å². The van der Waals surface area contributed by atoms with Gasteiger partial charge in [0.2, 0.25) is 0 Å². The molecule has 0 aliphatic rings. The van der Waals surface area contributed by atoms with Crippen molar-refractivity contribution in [3.8, 4) is 0 Å². The second-order valence-corrected chi connectivity index (χ2v) is 5.33. The Morgan fingerprint density at radius 3 is 2.74 bits per heavy atom. The van der Waals surface area contributed by atoms with Crippen molar-refractivity contribution in [3.05, 3.63) is 59.4 Å². The lowest BCUT2D eigenvalue weighted by atomic mass is 10.0. The number of aliphatic hydroxyl groups excluding tert-OH is 2. The van der Waals surface area contributed by atoms with Gasteiger partial charge >= 0.3 is 0 Å². The molecular weight excluding hydrogens is 260 g/mol. The molecule has 3 aromatic rings. The van der Waals surface area contributed by atoms with E-state index in [9.17, 15) is 10.2 Å². The van der Waals surface area contributed by atoms with Gasteiger partial charge in [-0.1, -0.05) is 30.3 Å². The van der Waals surface area contributed by atoms with Gasteiger partial charge in [-0.15, -0.1) is 11.3 Å². The van der Waals surface area contributed by atoms with Crippen LogP contribution in [0.4, 0.5) is 0 Å². The molecule has 2 N–H and O–H groups in total. The maximum atomic E-state index is 10.1. The molecule has 19 heavy (non-hydrogen) atoms. The van der Waals surface area contributed by atoms with Gasteiger partial charge in [0.05, 0.1) is 11.8 Å². The highest BCUT2D eigenvalue weighted by Gasteiger charge is 2.19. The zero-order valence-corrected chi connectivity index (χ0v) is 11.0. The van der Waals surface area contributed by atoms with Crippen LogP contribution in [0.3, 0.4) is 0 Å². The van der Waals surface area contributed by atoms with Crippen molar-refractivity contribution in [3.63, 3.8) is 0 Å². The fraction of sp³-hybridized carbons (Fsp3) is 0.214. The molecule has 0 fully saturated rings. The van der Waals surface area contributed by atoms with Gasteiger partial charge in [0.1, 0.15) is 6.10 Å². The van der Waals surface area contributed by atoms with Crippen LogP contribution in [0.2, 0.25) is 0 Å².